The summed E-state index contributed by atoms with van der Waals surface area (Å²) in [5, 5.41) is 25.4. The number of aromatic carboxylic acids is 2. The number of morpholine rings is 3. The number of fused-ring (bicyclic) bond motifs is 4. The molecule has 560 valence electrons. The van der Waals surface area contributed by atoms with Gasteiger partial charge in [-0.05, 0) is 108 Å². The molecule has 28 heteroatoms. The van der Waals surface area contributed by atoms with E-state index in [0.717, 1.165) is 133 Å². The summed E-state index contributed by atoms with van der Waals surface area (Å²) in [7, 11) is 2.72. The molecule has 0 aliphatic carbocycles. The van der Waals surface area contributed by atoms with Crippen LogP contribution in [0.15, 0.2) is 199 Å². The number of hydrogen-bond acceptors (Lipinski definition) is 23. The molecule has 4 aliphatic rings. The van der Waals surface area contributed by atoms with Crippen molar-refractivity contribution < 1.29 is 104 Å². The van der Waals surface area contributed by atoms with Gasteiger partial charge in [0.25, 0.3) is 0 Å². The molecular formula is C81H82BrFN11NaO14. The molecule has 0 spiro atoms. The number of aliphatic hydroxyl groups excluding tert-OH is 1. The normalized spacial score (nSPS) is 13.7. The number of ether oxygens (including phenoxy) is 6. The van der Waals surface area contributed by atoms with Gasteiger partial charge in [-0.3, -0.25) is 4.39 Å². The van der Waals surface area contributed by atoms with Crippen LogP contribution in [0.1, 0.15) is 62.1 Å². The summed E-state index contributed by atoms with van der Waals surface area (Å²) >= 11 is 3.44. The van der Waals surface area contributed by atoms with Crippen LogP contribution < -0.4 is 44.3 Å². The fourth-order valence-electron chi connectivity index (χ4n) is 11.7. The maximum Gasteiger partial charge on any atom is 1.00 e. The zero-order valence-electron chi connectivity index (χ0n) is 61.7. The average molecular weight is 1560 g/mol. The van der Waals surface area contributed by atoms with Gasteiger partial charge in [-0.25, -0.2) is 59.0 Å². The number of methoxy groups -OCH3 is 2. The fourth-order valence-corrected chi connectivity index (χ4v) is 12.3. The largest absolute Gasteiger partial charge is 1.00 e. The molecule has 0 saturated carbocycles. The first-order chi connectivity index (χ1) is 52.8. The van der Waals surface area contributed by atoms with E-state index in [-0.39, 0.29) is 58.1 Å². The Kier molecular flexibility index (Phi) is 32.5. The Hall–Kier alpha value is -10.4. The molecule has 0 atom stereocenters. The van der Waals surface area contributed by atoms with Gasteiger partial charge in [0.15, 0.2) is 17.5 Å². The molecule has 0 bridgehead atoms. The molecule has 0 amide bonds. The van der Waals surface area contributed by atoms with E-state index in [1.165, 1.54) is 33.5 Å². The zero-order valence-corrected chi connectivity index (χ0v) is 64.3. The van der Waals surface area contributed by atoms with Crippen LogP contribution in [-0.4, -0.2) is 205 Å². The van der Waals surface area contributed by atoms with Gasteiger partial charge in [-0.1, -0.05) is 121 Å². The standard InChI is InChI=1S/C20H19N3O3.2C19H17N3O3.C16H11BrN2O2.C5H10O.CH3F.CH4O.Na.H2O/c1-25-20(24)15-7-8-16-17(13-15)22-19(23-9-11-26-12-10-23)18(21-16)14-5-3-2-4-6-14;2*23-19(24)14-6-7-15-16(12-14)21-18(22-8-10-25-11-9-22)17(20-15)13-4-2-1-3-5-13;1-21-16(20)11-7-8-12-13(9-11)19-15(17)14(18-12)10-5-3-2-4-6-10;1-2-4-6-5-3-1;2*1-2;;/h2-8,13H,9-12H2,1H3;2*1-7,12H,8-11H2,(H,23,24);2-9H,1H3;1-5H2;1H3;2H,1H3;;1H2/q;;;;;;;+1;/p-1/i;;;;;1D;;;. The van der Waals surface area contributed by atoms with Crippen molar-refractivity contribution in [3.63, 3.8) is 0 Å². The van der Waals surface area contributed by atoms with Crippen LogP contribution in [0, 0.1) is 0 Å². The number of esters is 2. The minimum atomic E-state index is -1.00. The quantitative estimate of drug-likeness (QED) is 0.0800. The van der Waals surface area contributed by atoms with Gasteiger partial charge >= 0.3 is 53.4 Å². The number of anilines is 3. The van der Waals surface area contributed by atoms with Crippen molar-refractivity contribution in [2.24, 2.45) is 0 Å². The van der Waals surface area contributed by atoms with Gasteiger partial charge < -0.3 is 63.9 Å². The number of aliphatic hydroxyl groups is 1. The Morgan fingerprint density at radius 2 is 0.642 bits per heavy atom. The Morgan fingerprint density at radius 1 is 0.385 bits per heavy atom. The minimum Gasteiger partial charge on any atom is -0.870 e. The monoisotopic (exact) mass is 1550 g/mol. The number of aromatic nitrogens is 8. The van der Waals surface area contributed by atoms with Gasteiger partial charge in [-0.15, -0.1) is 0 Å². The van der Waals surface area contributed by atoms with Crippen molar-refractivity contribution >= 4 is 101 Å². The third-order valence-electron chi connectivity index (χ3n) is 17.1. The van der Waals surface area contributed by atoms with Crippen molar-refractivity contribution in [2.45, 2.75) is 19.3 Å². The van der Waals surface area contributed by atoms with E-state index in [1.807, 2.05) is 127 Å². The fraction of sp³-hybridized carbons (Fsp3) is 0.259. The number of benzene rings is 8. The van der Waals surface area contributed by atoms with Gasteiger partial charge in [0.05, 0.1) is 129 Å². The first kappa shape index (κ1) is 82.6. The summed E-state index contributed by atoms with van der Waals surface area (Å²) in [4.78, 5) is 90.2. The van der Waals surface area contributed by atoms with Crippen LogP contribution in [0.5, 0.6) is 0 Å². The average Bonchev–Trinajstić information content (AvgIpc) is 0.798. The van der Waals surface area contributed by atoms with E-state index in [4.69, 9.17) is 64.8 Å². The number of carboxylic acid groups (broad SMARTS) is 2. The van der Waals surface area contributed by atoms with Gasteiger partial charge in [0, 0.05) is 81.8 Å². The van der Waals surface area contributed by atoms with Crippen LogP contribution in [0.3, 0.4) is 0 Å². The van der Waals surface area contributed by atoms with E-state index < -0.39 is 19.1 Å². The van der Waals surface area contributed by atoms with E-state index in [1.54, 1.807) is 66.7 Å². The number of nitrogens with zero attached hydrogens (tertiary/aromatic N) is 11. The molecule has 25 nitrogen and oxygen atoms in total. The molecule has 4 aliphatic heterocycles. The van der Waals surface area contributed by atoms with Crippen molar-refractivity contribution in [1.29, 1.82) is 0 Å². The van der Waals surface area contributed by atoms with Crippen molar-refractivity contribution in [2.75, 3.05) is 135 Å². The molecule has 8 heterocycles. The second kappa shape index (κ2) is 42.9. The molecular weight excluding hydrogens is 1470 g/mol. The molecule has 4 aromatic heterocycles. The van der Waals surface area contributed by atoms with Crippen molar-refractivity contribution in [3.05, 3.63) is 221 Å². The van der Waals surface area contributed by atoms with Crippen LogP contribution in [0.25, 0.3) is 89.2 Å². The Labute approximate surface area is 661 Å². The number of carbonyl (C=O) groups excluding carboxylic acids is 2. The summed E-state index contributed by atoms with van der Waals surface area (Å²) in [6.07, 6.45) is 3.93. The van der Waals surface area contributed by atoms with Gasteiger partial charge in [0.2, 0.25) is 0 Å². The molecule has 12 aromatic rings. The van der Waals surface area contributed by atoms with Crippen molar-refractivity contribution in [3.8, 4) is 45.0 Å². The molecule has 4 saturated heterocycles. The summed E-state index contributed by atoms with van der Waals surface area (Å²) in [6, 6.07) is 59.7. The summed E-state index contributed by atoms with van der Waals surface area (Å²) in [6.45, 7) is 10.4. The third kappa shape index (κ3) is 22.4. The van der Waals surface area contributed by atoms with E-state index >= 15 is 0 Å². The maximum atomic E-state index is 11.8. The minimum absolute atomic E-state index is 0. The Balaban J connectivity index is 0.000000175. The molecule has 16 rings (SSSR count). The summed E-state index contributed by atoms with van der Waals surface area (Å²) < 4.78 is 47.1. The number of carbonyl (C=O) groups is 4. The zero-order chi connectivity index (χ0) is 76.2. The topological polar surface area (TPSA) is 327 Å². The second-order valence-electron chi connectivity index (χ2n) is 23.9. The van der Waals surface area contributed by atoms with Gasteiger partial charge in [-0.2, -0.15) is 0 Å². The SMILES string of the molecule is C1CCOCC1.CO.COC(=O)c1ccc2nc(-c3ccccc3)c(Br)nc2c1.COC(=O)c1ccc2nc(-c3ccccc3)c(N3CCOCC3)nc2c1.O=C(O)c1ccc2nc(-c3ccccc3)c(N3CCOCC3)nc2c1.O=C(O)c1ccc2nc(-c3ccccc3)c(N3CCOCC3)nc2c1.[2H]CF.[Na+].[OH-]. The van der Waals surface area contributed by atoms with E-state index in [0.29, 0.717) is 88.5 Å². The van der Waals surface area contributed by atoms with Crippen LogP contribution >= 0.6 is 15.9 Å². The predicted octanol–water partition coefficient (Wildman–Crippen LogP) is 10.6. The molecule has 4 N–H and O–H groups in total. The van der Waals surface area contributed by atoms with Crippen LogP contribution in [0.4, 0.5) is 21.8 Å². The number of hydrogen-bond donors (Lipinski definition) is 3. The number of rotatable bonds is 11. The number of halogens is 2. The van der Waals surface area contributed by atoms with E-state index in [2.05, 4.69) is 40.6 Å². The molecule has 0 radical (unpaired) electrons. The van der Waals surface area contributed by atoms with Crippen LogP contribution in [-0.2, 0) is 28.4 Å². The van der Waals surface area contributed by atoms with E-state index in [9.17, 15) is 33.8 Å². The first-order valence-corrected chi connectivity index (χ1v) is 35.2. The predicted molar refractivity (Wildman–Crippen MR) is 415 cm³/mol. The smallest absolute Gasteiger partial charge is 0.870 e. The Bertz CT molecular complexity index is 4820. The molecule has 109 heavy (non-hydrogen) atoms. The van der Waals surface area contributed by atoms with Gasteiger partial charge in [0.1, 0.15) is 27.4 Å². The van der Waals surface area contributed by atoms with Crippen LogP contribution in [0.2, 0.25) is 0 Å². The Morgan fingerprint density at radius 3 is 0.908 bits per heavy atom. The maximum absolute atomic E-state index is 11.8. The third-order valence-corrected chi connectivity index (χ3v) is 17.6. The number of carboxylic acids is 2. The molecule has 0 unspecified atom stereocenters. The molecule has 4 fully saturated rings. The summed E-state index contributed by atoms with van der Waals surface area (Å²) in [5.41, 5.74) is 13.9. The van der Waals surface area contributed by atoms with Crippen molar-refractivity contribution in [1.82, 2.24) is 39.9 Å². The molecule has 8 aromatic carbocycles. The summed E-state index contributed by atoms with van der Waals surface area (Å²) in [5.74, 6) is -0.355. The second-order valence-corrected chi connectivity index (χ2v) is 24.6. The first-order valence-electron chi connectivity index (χ1n) is 35.1. The number of alkyl halides is 1.